The van der Waals surface area contributed by atoms with Crippen LogP contribution in [0.2, 0.25) is 0 Å². The highest BCUT2D eigenvalue weighted by Gasteiger charge is 2.62. The van der Waals surface area contributed by atoms with E-state index in [2.05, 4.69) is 132 Å². The topological polar surface area (TPSA) is 34.1 Å². The van der Waals surface area contributed by atoms with Crippen molar-refractivity contribution in [3.05, 3.63) is 70.9 Å². The van der Waals surface area contributed by atoms with Crippen molar-refractivity contribution in [2.24, 2.45) is 105 Å². The molecule has 58 heavy (non-hydrogen) atoms. The van der Waals surface area contributed by atoms with Crippen LogP contribution in [0, 0.1) is 105 Å². The van der Waals surface area contributed by atoms with Gasteiger partial charge in [-0.15, -0.1) is 0 Å². The van der Waals surface area contributed by atoms with Crippen molar-refractivity contribution in [2.75, 3.05) is 0 Å². The zero-order valence-electron chi connectivity index (χ0n) is 39.0. The van der Waals surface area contributed by atoms with Gasteiger partial charge in [0.1, 0.15) is 0 Å². The van der Waals surface area contributed by atoms with Crippen molar-refractivity contribution in [2.45, 2.75) is 160 Å². The molecular formula is C56H82O2. The molecule has 4 fully saturated rings. The lowest BCUT2D eigenvalue weighted by Crippen LogP contribution is -2.51. The Morgan fingerprint density at radius 1 is 0.500 bits per heavy atom. The lowest BCUT2D eigenvalue weighted by molar-refractivity contribution is -0.117. The molecule has 0 aliphatic heterocycles. The van der Waals surface area contributed by atoms with Gasteiger partial charge < -0.3 is 0 Å². The Labute approximate surface area is 355 Å². The molecule has 0 aromatic carbocycles. The van der Waals surface area contributed by atoms with Crippen LogP contribution >= 0.6 is 0 Å². The molecule has 0 amide bonds. The number of rotatable bonds is 9. The quantitative estimate of drug-likeness (QED) is 0.218. The minimum absolute atomic E-state index is 0.000290. The molecule has 0 aromatic rings. The summed E-state index contributed by atoms with van der Waals surface area (Å²) in [6, 6.07) is 0. The average Bonchev–Trinajstić information content (AvgIpc) is 3.73. The molecule has 0 N–H and O–H groups in total. The van der Waals surface area contributed by atoms with Crippen molar-refractivity contribution in [1.29, 1.82) is 0 Å². The molecule has 4 saturated carbocycles. The summed E-state index contributed by atoms with van der Waals surface area (Å²) in [4.78, 5) is 27.2. The van der Waals surface area contributed by atoms with Crippen LogP contribution in [-0.4, -0.2) is 11.6 Å². The highest BCUT2D eigenvalue weighted by Crippen LogP contribution is 2.71. The summed E-state index contributed by atoms with van der Waals surface area (Å²) in [5.41, 5.74) is 6.92. The second-order valence-corrected chi connectivity index (χ2v) is 23.7. The second kappa shape index (κ2) is 15.3. The van der Waals surface area contributed by atoms with E-state index in [1.165, 1.54) is 62.5 Å². The normalized spacial score (nSPS) is 44.4. The van der Waals surface area contributed by atoms with Gasteiger partial charge >= 0.3 is 0 Å². The Morgan fingerprint density at radius 3 is 1.24 bits per heavy atom. The van der Waals surface area contributed by atoms with Gasteiger partial charge in [0, 0.05) is 24.7 Å². The van der Waals surface area contributed by atoms with E-state index in [0.29, 0.717) is 106 Å². The highest BCUT2D eigenvalue weighted by atomic mass is 16.1. The number of fused-ring (bicyclic) bond motifs is 10. The van der Waals surface area contributed by atoms with Crippen molar-refractivity contribution < 1.29 is 9.59 Å². The van der Waals surface area contributed by atoms with Gasteiger partial charge in [-0.05, 0) is 169 Å². The van der Waals surface area contributed by atoms with Gasteiger partial charge in [-0.2, -0.15) is 0 Å². The van der Waals surface area contributed by atoms with E-state index in [4.69, 9.17) is 0 Å². The van der Waals surface area contributed by atoms with Gasteiger partial charge in [0.25, 0.3) is 0 Å². The van der Waals surface area contributed by atoms with E-state index in [1.54, 1.807) is 11.1 Å². The Kier molecular flexibility index (Phi) is 11.2. The van der Waals surface area contributed by atoms with Crippen molar-refractivity contribution in [3.63, 3.8) is 0 Å². The molecule has 2 nitrogen and oxygen atoms in total. The second-order valence-electron chi connectivity index (χ2n) is 23.7. The third-order valence-corrected chi connectivity index (χ3v) is 20.3. The SMILES string of the molecule is CC(C)[C@@H](C)/C=C/[C@@H](C)[C@H]1CCC2C3=C[C@H](C4C=C5C(CCC6(C)C5CC[C@@H]6[C@@H](C)/C=C/[C@H](C)C(C)C)C5(C)CCC(=O)C=C45)C4=CC(=O)CC[C@]4(C)[C@H]3CC[C@@]21C. The fourth-order valence-electron chi connectivity index (χ4n) is 15.8. The molecule has 0 aromatic heterocycles. The minimum Gasteiger partial charge on any atom is -0.295 e. The fourth-order valence-corrected chi connectivity index (χ4v) is 15.8. The summed E-state index contributed by atoms with van der Waals surface area (Å²) in [6.45, 7) is 29.6. The maximum Gasteiger partial charge on any atom is 0.155 e. The van der Waals surface area contributed by atoms with E-state index in [-0.39, 0.29) is 22.7 Å². The maximum atomic E-state index is 13.6. The van der Waals surface area contributed by atoms with Gasteiger partial charge in [-0.25, -0.2) is 0 Å². The predicted octanol–water partition coefficient (Wildman–Crippen LogP) is 14.5. The summed E-state index contributed by atoms with van der Waals surface area (Å²) in [6.07, 6.45) is 33.6. The molecule has 0 bridgehead atoms. The van der Waals surface area contributed by atoms with E-state index < -0.39 is 0 Å². The lowest BCUT2D eigenvalue weighted by Gasteiger charge is -2.60. The molecular weight excluding hydrogens is 705 g/mol. The van der Waals surface area contributed by atoms with E-state index >= 15 is 0 Å². The van der Waals surface area contributed by atoms with Gasteiger partial charge in [-0.3, -0.25) is 9.59 Å². The molecule has 8 rings (SSSR count). The van der Waals surface area contributed by atoms with Crippen LogP contribution in [0.15, 0.2) is 70.9 Å². The summed E-state index contributed by atoms with van der Waals surface area (Å²) < 4.78 is 0. The predicted molar refractivity (Wildman–Crippen MR) is 243 cm³/mol. The van der Waals surface area contributed by atoms with Crippen LogP contribution in [-0.2, 0) is 9.59 Å². The summed E-state index contributed by atoms with van der Waals surface area (Å²) in [5.74, 6) is 8.32. The first-order valence-electron chi connectivity index (χ1n) is 24.6. The van der Waals surface area contributed by atoms with Gasteiger partial charge in [0.05, 0.1) is 0 Å². The van der Waals surface area contributed by atoms with Crippen molar-refractivity contribution >= 4 is 11.6 Å². The highest BCUT2D eigenvalue weighted by molar-refractivity contribution is 5.93. The molecule has 0 radical (unpaired) electrons. The smallest absolute Gasteiger partial charge is 0.155 e. The van der Waals surface area contributed by atoms with Crippen LogP contribution in [0.5, 0.6) is 0 Å². The maximum absolute atomic E-state index is 13.6. The molecule has 0 heterocycles. The molecule has 0 spiro atoms. The minimum atomic E-state index is -0.000290. The fraction of sp³-hybridized carbons (Fsp3) is 0.750. The first-order chi connectivity index (χ1) is 27.3. The van der Waals surface area contributed by atoms with E-state index in [9.17, 15) is 9.59 Å². The number of carbonyl (C=O) groups is 2. The number of hydrogen-bond acceptors (Lipinski definition) is 2. The van der Waals surface area contributed by atoms with Crippen LogP contribution < -0.4 is 0 Å². The molecule has 318 valence electrons. The Balaban J connectivity index is 1.21. The molecule has 8 aliphatic rings. The molecule has 8 aliphatic carbocycles. The van der Waals surface area contributed by atoms with Crippen molar-refractivity contribution in [1.82, 2.24) is 0 Å². The molecule has 0 saturated heterocycles. The Morgan fingerprint density at radius 2 is 0.879 bits per heavy atom. The van der Waals surface area contributed by atoms with E-state index in [1.807, 2.05) is 0 Å². The number of hydrogen-bond donors (Lipinski definition) is 0. The number of carbonyl (C=O) groups excluding carboxylic acids is 2. The summed E-state index contributed by atoms with van der Waals surface area (Å²) >= 11 is 0. The van der Waals surface area contributed by atoms with Gasteiger partial charge in [-0.1, -0.05) is 142 Å². The molecule has 16 atom stereocenters. The third kappa shape index (κ3) is 6.68. The average molecular weight is 787 g/mol. The monoisotopic (exact) mass is 787 g/mol. The van der Waals surface area contributed by atoms with Crippen LogP contribution in [0.1, 0.15) is 160 Å². The van der Waals surface area contributed by atoms with Gasteiger partial charge in [0.15, 0.2) is 11.6 Å². The Hall–Kier alpha value is -2.22. The van der Waals surface area contributed by atoms with Crippen LogP contribution in [0.4, 0.5) is 0 Å². The van der Waals surface area contributed by atoms with Crippen LogP contribution in [0.25, 0.3) is 0 Å². The van der Waals surface area contributed by atoms with E-state index in [0.717, 1.165) is 12.8 Å². The lowest BCUT2D eigenvalue weighted by atomic mass is 9.44. The Bertz CT molecular complexity index is 1700. The largest absolute Gasteiger partial charge is 0.295 e. The number of ketones is 2. The first kappa shape index (κ1) is 42.5. The first-order valence-corrected chi connectivity index (χ1v) is 24.6. The molecule has 6 unspecified atom stereocenters. The number of allylic oxidation sites excluding steroid dienone is 12. The van der Waals surface area contributed by atoms with Gasteiger partial charge in [0.2, 0.25) is 0 Å². The standard InChI is InChI=1S/C56H82O2/c1-33(2)35(5)13-15-37(7)45-17-19-47-43-31-41(51-29-39(57)21-25-55(51,11)49(43)23-27-53(45,47)9)42-32-44-48-20-18-46(38(8)16-14-36(6)34(3)4)54(48,10)28-24-50(44)56(12)26-22-40(58)30-52(42)56/h13-16,29-38,41-42,45-50H,17-28H2,1-12H3/b15-13+,16-14+/t35-,36-,37-,38+,41?,42+,45+,46+,47?,48?,49?,50-,53?,54+,55?,56+/m0/s1. The third-order valence-electron chi connectivity index (χ3n) is 20.3. The zero-order valence-corrected chi connectivity index (χ0v) is 39.0. The zero-order chi connectivity index (χ0) is 41.7. The summed E-state index contributed by atoms with van der Waals surface area (Å²) in [7, 11) is 0. The summed E-state index contributed by atoms with van der Waals surface area (Å²) in [5, 5.41) is 0. The van der Waals surface area contributed by atoms with Crippen molar-refractivity contribution in [3.8, 4) is 0 Å². The molecule has 2 heteroatoms. The van der Waals surface area contributed by atoms with Crippen LogP contribution in [0.3, 0.4) is 0 Å².